The molecule has 0 atom stereocenters. The molecule has 0 bridgehead atoms. The molecule has 0 saturated heterocycles. The Morgan fingerprint density at radius 3 is 2.70 bits per heavy atom. The van der Waals surface area contributed by atoms with Gasteiger partial charge >= 0.3 is 0 Å². The first-order chi connectivity index (χ1) is 9.52. The molecular formula is C16H19ClN2O. The molecule has 0 unspecified atom stereocenters. The normalized spacial score (nSPS) is 10.9. The second-order valence-corrected chi connectivity index (χ2v) is 5.45. The van der Waals surface area contributed by atoms with Gasteiger partial charge in [0, 0.05) is 12.7 Å². The summed E-state index contributed by atoms with van der Waals surface area (Å²) >= 11 is 6.25. The molecule has 2 aromatic rings. The van der Waals surface area contributed by atoms with Crippen molar-refractivity contribution >= 4 is 11.6 Å². The minimum atomic E-state index is 0.364. The van der Waals surface area contributed by atoms with Gasteiger partial charge in [0.1, 0.15) is 10.8 Å². The predicted molar refractivity (Wildman–Crippen MR) is 82.5 cm³/mol. The Labute approximate surface area is 124 Å². The Morgan fingerprint density at radius 1 is 1.30 bits per heavy atom. The van der Waals surface area contributed by atoms with E-state index < -0.39 is 0 Å². The van der Waals surface area contributed by atoms with E-state index in [1.807, 2.05) is 19.1 Å². The number of pyridine rings is 1. The maximum atomic E-state index is 6.25. The minimum Gasteiger partial charge on any atom is -0.437 e. The van der Waals surface area contributed by atoms with Crippen LogP contribution in [-0.4, -0.2) is 4.98 Å². The van der Waals surface area contributed by atoms with Gasteiger partial charge in [-0.15, -0.1) is 0 Å². The summed E-state index contributed by atoms with van der Waals surface area (Å²) in [5, 5.41) is 0.476. The maximum absolute atomic E-state index is 6.25. The van der Waals surface area contributed by atoms with Crippen LogP contribution < -0.4 is 10.5 Å². The van der Waals surface area contributed by atoms with Gasteiger partial charge in [-0.1, -0.05) is 37.6 Å². The predicted octanol–water partition coefficient (Wildman–Crippen LogP) is 4.42. The van der Waals surface area contributed by atoms with Crippen LogP contribution >= 0.6 is 11.6 Å². The number of hydrogen-bond acceptors (Lipinski definition) is 3. The number of ether oxygens (including phenoxy) is 1. The molecule has 0 radical (unpaired) electrons. The van der Waals surface area contributed by atoms with Crippen molar-refractivity contribution in [3.05, 3.63) is 52.2 Å². The molecule has 2 rings (SSSR count). The molecule has 0 aliphatic carbocycles. The molecule has 1 aromatic carbocycles. The van der Waals surface area contributed by atoms with Crippen molar-refractivity contribution in [2.45, 2.75) is 33.2 Å². The number of rotatable bonds is 4. The fourth-order valence-electron chi connectivity index (χ4n) is 1.88. The Balaban J connectivity index is 2.37. The highest BCUT2D eigenvalue weighted by molar-refractivity contribution is 6.32. The van der Waals surface area contributed by atoms with Crippen LogP contribution in [0, 0.1) is 6.92 Å². The summed E-state index contributed by atoms with van der Waals surface area (Å²) < 4.78 is 5.87. The molecule has 3 nitrogen and oxygen atoms in total. The molecule has 0 amide bonds. The number of nitrogens with two attached hydrogens (primary N) is 1. The molecule has 0 spiro atoms. The summed E-state index contributed by atoms with van der Waals surface area (Å²) in [5.74, 6) is 1.62. The van der Waals surface area contributed by atoms with Crippen LogP contribution in [0.2, 0.25) is 5.02 Å². The van der Waals surface area contributed by atoms with Gasteiger partial charge in [0.25, 0.3) is 0 Å². The minimum absolute atomic E-state index is 0.364. The van der Waals surface area contributed by atoms with E-state index in [9.17, 15) is 0 Å². The van der Waals surface area contributed by atoms with Gasteiger partial charge in [0.2, 0.25) is 5.88 Å². The van der Waals surface area contributed by atoms with E-state index >= 15 is 0 Å². The number of benzene rings is 1. The van der Waals surface area contributed by atoms with Crippen molar-refractivity contribution in [3.8, 4) is 11.6 Å². The second-order valence-electron chi connectivity index (χ2n) is 5.08. The lowest BCUT2D eigenvalue weighted by Crippen LogP contribution is -2.00. The summed E-state index contributed by atoms with van der Waals surface area (Å²) in [7, 11) is 0. The molecule has 4 heteroatoms. The van der Waals surface area contributed by atoms with Gasteiger partial charge in [-0.05, 0) is 41.7 Å². The third-order valence-electron chi connectivity index (χ3n) is 3.24. The monoisotopic (exact) mass is 290 g/mol. The molecular weight excluding hydrogens is 272 g/mol. The molecule has 20 heavy (non-hydrogen) atoms. The number of aryl methyl sites for hydroxylation is 1. The zero-order valence-electron chi connectivity index (χ0n) is 12.0. The van der Waals surface area contributed by atoms with Crippen molar-refractivity contribution in [1.29, 1.82) is 0 Å². The fourth-order valence-corrected chi connectivity index (χ4v) is 2.11. The van der Waals surface area contributed by atoms with Gasteiger partial charge < -0.3 is 10.5 Å². The van der Waals surface area contributed by atoms with Crippen LogP contribution in [-0.2, 0) is 6.54 Å². The summed E-state index contributed by atoms with van der Waals surface area (Å²) in [6.45, 7) is 6.66. The summed E-state index contributed by atoms with van der Waals surface area (Å²) in [5.41, 5.74) is 8.73. The third kappa shape index (κ3) is 3.11. The van der Waals surface area contributed by atoms with Gasteiger partial charge in [-0.25, -0.2) is 4.98 Å². The molecule has 1 heterocycles. The molecule has 1 aromatic heterocycles. The zero-order chi connectivity index (χ0) is 14.7. The lowest BCUT2D eigenvalue weighted by molar-refractivity contribution is 0.458. The fraction of sp³-hybridized carbons (Fsp3) is 0.312. The van der Waals surface area contributed by atoms with Crippen LogP contribution in [0.1, 0.15) is 36.5 Å². The highest BCUT2D eigenvalue weighted by Gasteiger charge is 2.11. The Morgan fingerprint density at radius 2 is 2.05 bits per heavy atom. The standard InChI is InChI=1S/C16H19ClN2O/c1-10(2)12-5-4-11(3)14(8-12)20-16-15(17)13(9-18)6-7-19-16/h4-8,10H,9,18H2,1-3H3. The Kier molecular flexibility index (Phi) is 4.63. The van der Waals surface area contributed by atoms with Crippen molar-refractivity contribution in [3.63, 3.8) is 0 Å². The van der Waals surface area contributed by atoms with Crippen LogP contribution in [0.5, 0.6) is 11.6 Å². The van der Waals surface area contributed by atoms with Gasteiger partial charge in [-0.2, -0.15) is 0 Å². The molecule has 106 valence electrons. The van der Waals surface area contributed by atoms with Crippen molar-refractivity contribution in [1.82, 2.24) is 4.98 Å². The molecule has 0 aliphatic heterocycles. The SMILES string of the molecule is Cc1ccc(C(C)C)cc1Oc1nccc(CN)c1Cl. The zero-order valence-corrected chi connectivity index (χ0v) is 12.7. The number of aromatic nitrogens is 1. The van der Waals surface area contributed by atoms with Crippen molar-refractivity contribution in [2.24, 2.45) is 5.73 Å². The Hall–Kier alpha value is -1.58. The van der Waals surface area contributed by atoms with E-state index in [1.165, 1.54) is 5.56 Å². The van der Waals surface area contributed by atoms with E-state index in [0.29, 0.717) is 23.4 Å². The smallest absolute Gasteiger partial charge is 0.238 e. The van der Waals surface area contributed by atoms with E-state index in [1.54, 1.807) is 12.3 Å². The van der Waals surface area contributed by atoms with Crippen molar-refractivity contribution in [2.75, 3.05) is 0 Å². The van der Waals surface area contributed by atoms with Gasteiger partial charge in [0.15, 0.2) is 0 Å². The highest BCUT2D eigenvalue weighted by atomic mass is 35.5. The number of halogens is 1. The van der Waals surface area contributed by atoms with Gasteiger partial charge in [0.05, 0.1) is 0 Å². The summed E-state index contributed by atoms with van der Waals surface area (Å²) in [6.07, 6.45) is 1.66. The first-order valence-corrected chi connectivity index (χ1v) is 7.02. The molecule has 2 N–H and O–H groups in total. The second kappa shape index (κ2) is 6.25. The van der Waals surface area contributed by atoms with Crippen LogP contribution in [0.3, 0.4) is 0 Å². The largest absolute Gasteiger partial charge is 0.437 e. The maximum Gasteiger partial charge on any atom is 0.238 e. The molecule has 0 aliphatic rings. The third-order valence-corrected chi connectivity index (χ3v) is 3.65. The average Bonchev–Trinajstić information content (AvgIpc) is 2.43. The van der Waals surface area contributed by atoms with E-state index in [0.717, 1.165) is 16.9 Å². The number of nitrogens with zero attached hydrogens (tertiary/aromatic N) is 1. The Bertz CT molecular complexity index is 611. The van der Waals surface area contributed by atoms with Crippen LogP contribution in [0.4, 0.5) is 0 Å². The van der Waals surface area contributed by atoms with E-state index in [-0.39, 0.29) is 0 Å². The first kappa shape index (κ1) is 14.8. The molecule has 0 fully saturated rings. The van der Waals surface area contributed by atoms with Crippen LogP contribution in [0.25, 0.3) is 0 Å². The van der Waals surface area contributed by atoms with Crippen LogP contribution in [0.15, 0.2) is 30.5 Å². The average molecular weight is 291 g/mol. The summed E-state index contributed by atoms with van der Waals surface area (Å²) in [6, 6.07) is 7.99. The first-order valence-electron chi connectivity index (χ1n) is 6.64. The number of hydrogen-bond donors (Lipinski definition) is 1. The lowest BCUT2D eigenvalue weighted by atomic mass is 10.0. The summed E-state index contributed by atoms with van der Waals surface area (Å²) in [4.78, 5) is 4.19. The highest BCUT2D eigenvalue weighted by Crippen LogP contribution is 2.32. The van der Waals surface area contributed by atoms with E-state index in [2.05, 4.69) is 24.9 Å². The van der Waals surface area contributed by atoms with E-state index in [4.69, 9.17) is 22.1 Å². The quantitative estimate of drug-likeness (QED) is 0.907. The van der Waals surface area contributed by atoms with Crippen molar-refractivity contribution < 1.29 is 4.74 Å². The topological polar surface area (TPSA) is 48.1 Å². The lowest BCUT2D eigenvalue weighted by Gasteiger charge is -2.13. The van der Waals surface area contributed by atoms with Gasteiger partial charge in [-0.3, -0.25) is 0 Å². The molecule has 0 saturated carbocycles.